The Morgan fingerprint density at radius 3 is 1.81 bits per heavy atom. The van der Waals surface area contributed by atoms with E-state index in [2.05, 4.69) is 31.2 Å². The summed E-state index contributed by atoms with van der Waals surface area (Å²) in [5.74, 6) is 0. The van der Waals surface area contributed by atoms with Crippen molar-refractivity contribution in [3.8, 4) is 0 Å². The topological polar surface area (TPSA) is 23.8 Å². The van der Waals surface area contributed by atoms with Crippen molar-refractivity contribution in [1.82, 2.24) is 0 Å². The van der Waals surface area contributed by atoms with Crippen LogP contribution in [0.5, 0.6) is 0 Å². The van der Waals surface area contributed by atoms with Gasteiger partial charge in [0.2, 0.25) is 0 Å². The van der Waals surface area contributed by atoms with Crippen molar-refractivity contribution in [2.45, 2.75) is 26.2 Å². The molecule has 83 valence electrons. The summed E-state index contributed by atoms with van der Waals surface area (Å²) in [7, 11) is 0. The molecule has 0 heterocycles. The summed E-state index contributed by atoms with van der Waals surface area (Å²) < 4.78 is 0. The molecule has 0 aliphatic rings. The van der Waals surface area contributed by atoms with Crippen LogP contribution in [0.15, 0.2) is 30.3 Å². The monoisotopic (exact) mass is 444 g/mol. The molecule has 16 heavy (non-hydrogen) atoms. The molecular formula is C12H19NY3-2. The van der Waals surface area contributed by atoms with Crippen LogP contribution in [0.25, 0.3) is 5.73 Å². The van der Waals surface area contributed by atoms with Gasteiger partial charge in [0, 0.05) is 98.1 Å². The molecule has 1 aromatic carbocycles. The summed E-state index contributed by atoms with van der Waals surface area (Å²) >= 11 is 0. The van der Waals surface area contributed by atoms with Gasteiger partial charge in [0.25, 0.3) is 0 Å². The number of rotatable bonds is 3. The number of aryl methyl sites for hydroxylation is 1. The largest absolute Gasteiger partial charge is 0.677 e. The molecular weight excluding hydrogens is 425 g/mol. The number of hydrogen-bond donors (Lipinski definition) is 0. The zero-order chi connectivity index (χ0) is 9.94. The Hall–Kier alpha value is 2.49. The molecule has 0 fully saturated rings. The average Bonchev–Trinajstić information content (AvgIpc) is 2.20. The number of benzene rings is 1. The van der Waals surface area contributed by atoms with E-state index in [1.807, 2.05) is 13.0 Å². The summed E-state index contributed by atoms with van der Waals surface area (Å²) in [5.41, 5.74) is 7.83. The maximum Gasteiger partial charge on any atom is 0 e. The summed E-state index contributed by atoms with van der Waals surface area (Å²) in [6.07, 6.45) is 3.07. The first-order valence-corrected chi connectivity index (χ1v) is 4.82. The van der Waals surface area contributed by atoms with Crippen molar-refractivity contribution >= 4 is 0 Å². The van der Waals surface area contributed by atoms with E-state index in [4.69, 9.17) is 5.73 Å². The van der Waals surface area contributed by atoms with Crippen molar-refractivity contribution < 1.29 is 98.1 Å². The second kappa shape index (κ2) is 22.7. The van der Waals surface area contributed by atoms with Gasteiger partial charge < -0.3 is 12.7 Å². The van der Waals surface area contributed by atoms with Crippen LogP contribution in [0.3, 0.4) is 0 Å². The van der Waals surface area contributed by atoms with Gasteiger partial charge in [-0.15, -0.1) is 0 Å². The van der Waals surface area contributed by atoms with Crippen LogP contribution in [-0.2, 0) is 105 Å². The van der Waals surface area contributed by atoms with Crippen LogP contribution in [0.1, 0.15) is 25.3 Å². The Balaban J connectivity index is -0.0000000921. The molecule has 3 radical (unpaired) electrons. The fourth-order valence-electron chi connectivity index (χ4n) is 0.849. The molecule has 0 aromatic heterocycles. The van der Waals surface area contributed by atoms with Gasteiger partial charge in [-0.3, -0.25) is 0 Å². The van der Waals surface area contributed by atoms with E-state index in [-0.39, 0.29) is 98.1 Å². The first kappa shape index (κ1) is 26.9. The summed E-state index contributed by atoms with van der Waals surface area (Å²) in [6.45, 7) is 6.34. The third kappa shape index (κ3) is 18.8. The van der Waals surface area contributed by atoms with Crippen LogP contribution in [0.4, 0.5) is 0 Å². The number of nitrogens with one attached hydrogen (secondary N) is 1. The smallest absolute Gasteiger partial charge is 0 e. The maximum absolute atomic E-state index is 6.45. The maximum atomic E-state index is 6.45. The van der Waals surface area contributed by atoms with Crippen LogP contribution < -0.4 is 0 Å². The zero-order valence-electron chi connectivity index (χ0n) is 10.2. The molecule has 1 nitrogen and oxygen atoms in total. The second-order valence-electron chi connectivity index (χ2n) is 2.84. The van der Waals surface area contributed by atoms with E-state index >= 15 is 0 Å². The summed E-state index contributed by atoms with van der Waals surface area (Å²) in [5, 5.41) is 0. The van der Waals surface area contributed by atoms with E-state index in [0.29, 0.717) is 6.54 Å². The average molecular weight is 444 g/mol. The molecule has 0 spiro atoms. The normalized spacial score (nSPS) is 7.19. The minimum absolute atomic E-state index is 0. The van der Waals surface area contributed by atoms with Gasteiger partial charge in [-0.25, -0.2) is 0 Å². The van der Waals surface area contributed by atoms with Gasteiger partial charge in [0.15, 0.2) is 0 Å². The third-order valence-electron chi connectivity index (χ3n) is 1.56. The molecule has 1 N–H and O–H groups in total. The molecule has 4 heteroatoms. The fourth-order valence-corrected chi connectivity index (χ4v) is 0.849. The third-order valence-corrected chi connectivity index (χ3v) is 1.56. The molecule has 1 rings (SSSR count). The molecule has 0 bridgehead atoms. The van der Waals surface area contributed by atoms with Crippen LogP contribution in [0.2, 0.25) is 0 Å². The van der Waals surface area contributed by atoms with E-state index < -0.39 is 0 Å². The standard InChI is InChI=1S/C9H11.C3H8N.3Y/c1-2-6-9-7-4-3-5-8-9;1-2-3-4;;;/h3-5,7-8H,1-2,6H2;4H,2-3H2,1H3;;;/q2*-1;;;. The Kier molecular flexibility index (Phi) is 38.1. The van der Waals surface area contributed by atoms with Gasteiger partial charge in [-0.2, -0.15) is 13.0 Å². The van der Waals surface area contributed by atoms with E-state index in [1.54, 1.807) is 0 Å². The molecule has 0 saturated carbocycles. The first-order valence-electron chi connectivity index (χ1n) is 4.82. The predicted octanol–water partition coefficient (Wildman–Crippen LogP) is 3.89. The van der Waals surface area contributed by atoms with Gasteiger partial charge in [0.1, 0.15) is 0 Å². The van der Waals surface area contributed by atoms with Gasteiger partial charge in [0.05, 0.1) is 0 Å². The Labute approximate surface area is 176 Å². The zero-order valence-corrected chi connectivity index (χ0v) is 18.7. The molecule has 0 amide bonds. The minimum atomic E-state index is 0. The second-order valence-corrected chi connectivity index (χ2v) is 2.84. The quantitative estimate of drug-likeness (QED) is 0.633. The molecule has 0 aliphatic carbocycles. The summed E-state index contributed by atoms with van der Waals surface area (Å²) in [6, 6.07) is 10.4. The minimum Gasteiger partial charge on any atom is -0.677 e. The van der Waals surface area contributed by atoms with E-state index in [9.17, 15) is 0 Å². The molecule has 0 unspecified atom stereocenters. The summed E-state index contributed by atoms with van der Waals surface area (Å²) in [4.78, 5) is 0. The van der Waals surface area contributed by atoms with E-state index in [1.165, 1.54) is 5.56 Å². The number of hydrogen-bond acceptors (Lipinski definition) is 0. The van der Waals surface area contributed by atoms with Crippen LogP contribution in [-0.4, -0.2) is 6.54 Å². The van der Waals surface area contributed by atoms with Crippen molar-refractivity contribution in [3.05, 3.63) is 48.6 Å². The van der Waals surface area contributed by atoms with Crippen molar-refractivity contribution in [2.75, 3.05) is 6.54 Å². The van der Waals surface area contributed by atoms with Crippen molar-refractivity contribution in [3.63, 3.8) is 0 Å². The molecule has 0 saturated heterocycles. The van der Waals surface area contributed by atoms with Crippen molar-refractivity contribution in [2.24, 2.45) is 0 Å². The predicted molar refractivity (Wildman–Crippen MR) is 59.6 cm³/mol. The van der Waals surface area contributed by atoms with Gasteiger partial charge in [-0.05, 0) is 0 Å². The van der Waals surface area contributed by atoms with E-state index in [0.717, 1.165) is 19.3 Å². The van der Waals surface area contributed by atoms with Crippen LogP contribution >= 0.6 is 0 Å². The SMILES string of the molecule is CCC[NH-].[CH2-]CCc1ccccc1.[Y].[Y].[Y]. The Morgan fingerprint density at radius 1 is 1.06 bits per heavy atom. The molecule has 0 atom stereocenters. The van der Waals surface area contributed by atoms with Crippen molar-refractivity contribution in [1.29, 1.82) is 0 Å². The molecule has 1 aromatic rings. The van der Waals surface area contributed by atoms with Crippen LogP contribution in [0, 0.1) is 6.92 Å². The van der Waals surface area contributed by atoms with Gasteiger partial charge >= 0.3 is 0 Å². The fraction of sp³-hybridized carbons (Fsp3) is 0.417. The first-order chi connectivity index (χ1) is 6.35. The molecule has 0 aliphatic heterocycles. The Morgan fingerprint density at radius 2 is 1.50 bits per heavy atom. The Bertz CT molecular complexity index is 191. The van der Waals surface area contributed by atoms with Gasteiger partial charge in [-0.1, -0.05) is 55.7 Å².